The Morgan fingerprint density at radius 1 is 1.40 bits per heavy atom. The van der Waals surface area contributed by atoms with E-state index in [4.69, 9.17) is 5.26 Å². The zero-order valence-corrected chi connectivity index (χ0v) is 19.4. The maximum Gasteiger partial charge on any atom is 0.223 e. The zero-order chi connectivity index (χ0) is 22.7. The molecule has 1 saturated carbocycles. The number of carbonyl (C=O) groups excluding carboxylic acids is 3. The van der Waals surface area contributed by atoms with Gasteiger partial charge in [0.15, 0.2) is 0 Å². The van der Waals surface area contributed by atoms with Gasteiger partial charge >= 0.3 is 0 Å². The summed E-state index contributed by atoms with van der Waals surface area (Å²) in [5, 5.41) is 14.1. The highest BCUT2D eigenvalue weighted by Gasteiger charge is 2.52. The highest BCUT2D eigenvalue weighted by atomic mass is 16.2. The summed E-state index contributed by atoms with van der Waals surface area (Å²) in [6.45, 7) is 15.0. The number of likely N-dealkylation sites (tertiary alicyclic amines) is 1. The number of nitrogens with one attached hydrogen (secondary N) is 2. The molecule has 7 nitrogen and oxygen atoms in total. The Morgan fingerprint density at radius 3 is 2.43 bits per heavy atom. The van der Waals surface area contributed by atoms with Gasteiger partial charge in [-0.1, -0.05) is 41.5 Å². The van der Waals surface area contributed by atoms with Gasteiger partial charge in [-0.25, -0.2) is 0 Å². The second-order valence-electron chi connectivity index (χ2n) is 11.3. The monoisotopic (exact) mass is 418 g/mol. The molecule has 2 saturated heterocycles. The molecule has 7 heteroatoms. The lowest BCUT2D eigenvalue weighted by Gasteiger charge is -2.24. The standard InChI is InChI=1S/C13H25NO.C10H13N3O2/c1-10-8-14(9-13(10,5)6)11(15)7-12(2,3)4;11-5-8(12-6-14)3-7-4-10(1-2-10)13-9(7)15/h10H,7-9H2,1-6H3;6-8H,1-4H2,(H,12,14)(H,13,15). The summed E-state index contributed by atoms with van der Waals surface area (Å²) in [4.78, 5) is 35.8. The number of amides is 3. The van der Waals surface area contributed by atoms with E-state index >= 15 is 0 Å². The summed E-state index contributed by atoms with van der Waals surface area (Å²) in [7, 11) is 0. The quantitative estimate of drug-likeness (QED) is 0.670. The molecule has 3 unspecified atom stereocenters. The fraction of sp³-hybridized carbons (Fsp3) is 0.826. The Bertz CT molecular complexity index is 700. The number of carbonyl (C=O) groups is 3. The lowest BCUT2D eigenvalue weighted by atomic mass is 9.84. The molecule has 2 heterocycles. The molecule has 0 aromatic heterocycles. The van der Waals surface area contributed by atoms with Crippen LogP contribution < -0.4 is 10.6 Å². The van der Waals surface area contributed by atoms with Gasteiger partial charge < -0.3 is 15.5 Å². The van der Waals surface area contributed by atoms with Crippen LogP contribution >= 0.6 is 0 Å². The summed E-state index contributed by atoms with van der Waals surface area (Å²) >= 11 is 0. The van der Waals surface area contributed by atoms with Crippen LogP contribution in [0.5, 0.6) is 0 Å². The number of rotatable bonds is 5. The Morgan fingerprint density at radius 2 is 2.03 bits per heavy atom. The second kappa shape index (κ2) is 8.95. The van der Waals surface area contributed by atoms with Crippen LogP contribution in [0.3, 0.4) is 0 Å². The van der Waals surface area contributed by atoms with Crippen molar-refractivity contribution in [2.24, 2.45) is 22.7 Å². The summed E-state index contributed by atoms with van der Waals surface area (Å²) in [6, 6.07) is 1.43. The number of nitrogens with zero attached hydrogens (tertiary/aromatic N) is 2. The SMILES string of the molecule is CC1CN(C(=O)CC(C)(C)C)CC1(C)C.N#CC(CC1CC2(CC2)NC1=O)NC=O. The van der Waals surface area contributed by atoms with E-state index in [2.05, 4.69) is 52.2 Å². The van der Waals surface area contributed by atoms with E-state index in [0.29, 0.717) is 31.1 Å². The molecule has 1 spiro atoms. The van der Waals surface area contributed by atoms with E-state index < -0.39 is 6.04 Å². The maximum absolute atomic E-state index is 12.0. The molecule has 0 aromatic carbocycles. The highest BCUT2D eigenvalue weighted by Crippen LogP contribution is 2.46. The van der Waals surface area contributed by atoms with Crippen LogP contribution in [0.2, 0.25) is 0 Å². The molecule has 2 aliphatic heterocycles. The Kier molecular flexibility index (Phi) is 7.21. The van der Waals surface area contributed by atoms with Crippen molar-refractivity contribution in [2.45, 2.75) is 85.2 Å². The van der Waals surface area contributed by atoms with Gasteiger partial charge in [-0.15, -0.1) is 0 Å². The minimum Gasteiger partial charge on any atom is -0.350 e. The van der Waals surface area contributed by atoms with E-state index in [1.807, 2.05) is 11.0 Å². The van der Waals surface area contributed by atoms with Crippen LogP contribution in [-0.4, -0.2) is 47.8 Å². The first-order valence-corrected chi connectivity index (χ1v) is 11.0. The van der Waals surface area contributed by atoms with Gasteiger partial charge in [0.25, 0.3) is 0 Å². The molecule has 3 amide bonds. The van der Waals surface area contributed by atoms with Gasteiger partial charge in [-0.2, -0.15) is 5.26 Å². The first-order chi connectivity index (χ1) is 13.8. The van der Waals surface area contributed by atoms with Gasteiger partial charge in [0.1, 0.15) is 6.04 Å². The largest absolute Gasteiger partial charge is 0.350 e. The Balaban J connectivity index is 0.000000214. The molecule has 3 aliphatic rings. The average Bonchev–Trinajstić information content (AvgIpc) is 3.20. The topological polar surface area (TPSA) is 102 Å². The molecule has 3 fully saturated rings. The fourth-order valence-electron chi connectivity index (χ4n) is 4.22. The normalized spacial score (nSPS) is 26.8. The van der Waals surface area contributed by atoms with Crippen molar-refractivity contribution >= 4 is 18.2 Å². The fourth-order valence-corrected chi connectivity index (χ4v) is 4.22. The average molecular weight is 419 g/mol. The smallest absolute Gasteiger partial charge is 0.223 e. The van der Waals surface area contributed by atoms with Crippen LogP contribution in [-0.2, 0) is 14.4 Å². The van der Waals surface area contributed by atoms with E-state index in [9.17, 15) is 14.4 Å². The lowest BCUT2D eigenvalue weighted by molar-refractivity contribution is -0.132. The van der Waals surface area contributed by atoms with Crippen molar-refractivity contribution < 1.29 is 14.4 Å². The Labute approximate surface area is 180 Å². The minimum atomic E-state index is -0.549. The van der Waals surface area contributed by atoms with E-state index in [-0.39, 0.29) is 28.2 Å². The van der Waals surface area contributed by atoms with Gasteiger partial charge in [-0.05, 0) is 42.4 Å². The molecular formula is C23H38N4O3. The van der Waals surface area contributed by atoms with Crippen LogP contribution in [0.4, 0.5) is 0 Å². The van der Waals surface area contributed by atoms with Crippen LogP contribution in [0, 0.1) is 34.0 Å². The van der Waals surface area contributed by atoms with E-state index in [1.165, 1.54) is 0 Å². The molecule has 0 aromatic rings. The predicted octanol–water partition coefficient (Wildman–Crippen LogP) is 2.61. The van der Waals surface area contributed by atoms with Gasteiger partial charge in [-0.3, -0.25) is 14.4 Å². The zero-order valence-electron chi connectivity index (χ0n) is 19.4. The molecular weight excluding hydrogens is 380 g/mol. The number of nitriles is 1. The molecule has 2 N–H and O–H groups in total. The molecule has 0 radical (unpaired) electrons. The van der Waals surface area contributed by atoms with Gasteiger partial charge in [0.05, 0.1) is 6.07 Å². The third-order valence-corrected chi connectivity index (χ3v) is 6.66. The number of hydrogen-bond donors (Lipinski definition) is 2. The van der Waals surface area contributed by atoms with Crippen molar-refractivity contribution in [1.82, 2.24) is 15.5 Å². The maximum atomic E-state index is 12.0. The van der Waals surface area contributed by atoms with Crippen molar-refractivity contribution in [1.29, 1.82) is 5.26 Å². The Hall–Kier alpha value is -2.10. The van der Waals surface area contributed by atoms with Crippen molar-refractivity contribution in [2.75, 3.05) is 13.1 Å². The molecule has 3 rings (SSSR count). The van der Waals surface area contributed by atoms with E-state index in [0.717, 1.165) is 32.4 Å². The van der Waals surface area contributed by atoms with Gasteiger partial charge in [0.2, 0.25) is 18.2 Å². The third kappa shape index (κ3) is 6.45. The summed E-state index contributed by atoms with van der Waals surface area (Å²) in [5.41, 5.74) is 0.434. The summed E-state index contributed by atoms with van der Waals surface area (Å²) in [5.74, 6) is 0.839. The van der Waals surface area contributed by atoms with Gasteiger partial charge in [0, 0.05) is 31.0 Å². The van der Waals surface area contributed by atoms with Crippen molar-refractivity contribution in [3.8, 4) is 6.07 Å². The molecule has 0 bridgehead atoms. The van der Waals surface area contributed by atoms with E-state index in [1.54, 1.807) is 0 Å². The van der Waals surface area contributed by atoms with Crippen LogP contribution in [0.1, 0.15) is 73.6 Å². The molecule has 168 valence electrons. The van der Waals surface area contributed by atoms with Crippen molar-refractivity contribution in [3.63, 3.8) is 0 Å². The predicted molar refractivity (Wildman–Crippen MR) is 115 cm³/mol. The lowest BCUT2D eigenvalue weighted by Crippen LogP contribution is -2.32. The molecule has 3 atom stereocenters. The first kappa shape index (κ1) is 24.2. The molecule has 1 aliphatic carbocycles. The second-order valence-corrected chi connectivity index (χ2v) is 11.3. The first-order valence-electron chi connectivity index (χ1n) is 11.0. The van der Waals surface area contributed by atoms with Crippen LogP contribution in [0.25, 0.3) is 0 Å². The highest BCUT2D eigenvalue weighted by molar-refractivity contribution is 5.83. The van der Waals surface area contributed by atoms with Crippen LogP contribution in [0.15, 0.2) is 0 Å². The summed E-state index contributed by atoms with van der Waals surface area (Å²) in [6.07, 6.45) is 4.50. The van der Waals surface area contributed by atoms with Crippen molar-refractivity contribution in [3.05, 3.63) is 0 Å². The minimum absolute atomic E-state index is 0.0282. The molecule has 30 heavy (non-hydrogen) atoms. The summed E-state index contributed by atoms with van der Waals surface area (Å²) < 4.78 is 0. The third-order valence-electron chi connectivity index (χ3n) is 6.66. The number of hydrogen-bond acceptors (Lipinski definition) is 4.